The Morgan fingerprint density at radius 2 is 2.17 bits per heavy atom. The van der Waals surface area contributed by atoms with Crippen LogP contribution in [0.1, 0.15) is 12.8 Å². The Hall–Kier alpha value is -0.930. The minimum Gasteiger partial charge on any atom is -0.355 e. The van der Waals surface area contributed by atoms with E-state index in [2.05, 4.69) is 5.32 Å². The number of carbonyl (C=O) groups excluding carboxylic acids is 1. The van der Waals surface area contributed by atoms with E-state index in [0.29, 0.717) is 32.5 Å². The monoisotopic (exact) mass is 399 g/mol. The zero-order valence-corrected chi connectivity index (χ0v) is 15.3. The number of carbonyl (C=O) groups is 1. The average molecular weight is 400 g/mol. The lowest BCUT2D eigenvalue weighted by molar-refractivity contribution is -0.126. The van der Waals surface area contributed by atoms with Crippen LogP contribution in [0, 0.1) is 11.7 Å². The number of piperidine rings is 1. The summed E-state index contributed by atoms with van der Waals surface area (Å²) in [7, 11) is -3.87. The maximum Gasteiger partial charge on any atom is 0.244 e. The molecule has 1 aromatic carbocycles. The number of halogens is 3. The number of rotatable bonds is 5. The van der Waals surface area contributed by atoms with Gasteiger partial charge in [-0.3, -0.25) is 4.79 Å². The van der Waals surface area contributed by atoms with Crippen molar-refractivity contribution in [3.8, 4) is 0 Å². The van der Waals surface area contributed by atoms with Crippen molar-refractivity contribution < 1.29 is 17.6 Å². The second kappa shape index (κ2) is 8.96. The van der Waals surface area contributed by atoms with Gasteiger partial charge in [-0.05, 0) is 31.0 Å². The highest BCUT2D eigenvalue weighted by Gasteiger charge is 2.34. The zero-order chi connectivity index (χ0) is 17.0. The van der Waals surface area contributed by atoms with Crippen molar-refractivity contribution in [3.63, 3.8) is 0 Å². The van der Waals surface area contributed by atoms with E-state index < -0.39 is 21.8 Å². The van der Waals surface area contributed by atoms with Crippen LogP contribution < -0.4 is 11.1 Å². The first kappa shape index (κ1) is 21.1. The lowest BCUT2D eigenvalue weighted by atomic mass is 9.99. The molecule has 2 rings (SSSR count). The molecule has 136 valence electrons. The summed E-state index contributed by atoms with van der Waals surface area (Å²) in [6.07, 6.45) is 1.18. The summed E-state index contributed by atoms with van der Waals surface area (Å²) < 4.78 is 39.7. The molecular weight excluding hydrogens is 380 g/mol. The van der Waals surface area contributed by atoms with Gasteiger partial charge in [0.15, 0.2) is 0 Å². The summed E-state index contributed by atoms with van der Waals surface area (Å²) >= 11 is 5.86. The molecule has 24 heavy (non-hydrogen) atoms. The topological polar surface area (TPSA) is 92.5 Å². The molecule has 1 amide bonds. The number of nitrogens with one attached hydrogen (secondary N) is 1. The predicted molar refractivity (Wildman–Crippen MR) is 92.2 cm³/mol. The molecule has 0 aliphatic carbocycles. The largest absolute Gasteiger partial charge is 0.355 e. The molecule has 1 aliphatic rings. The SMILES string of the molecule is Cl.NCCNC(=O)C1CCCN(S(=O)(=O)c2ccc(F)cc2Cl)C1. The van der Waals surface area contributed by atoms with Crippen LogP contribution in [0.25, 0.3) is 0 Å². The number of benzene rings is 1. The number of sulfonamides is 1. The van der Waals surface area contributed by atoms with E-state index in [1.165, 1.54) is 4.31 Å². The highest BCUT2D eigenvalue weighted by molar-refractivity contribution is 7.89. The van der Waals surface area contributed by atoms with E-state index >= 15 is 0 Å². The second-order valence-corrected chi connectivity index (χ2v) is 7.67. The molecule has 1 atom stereocenters. The minimum absolute atomic E-state index is 0. The van der Waals surface area contributed by atoms with Gasteiger partial charge in [-0.1, -0.05) is 11.6 Å². The van der Waals surface area contributed by atoms with Gasteiger partial charge in [0.1, 0.15) is 10.7 Å². The number of nitrogens with two attached hydrogens (primary N) is 1. The summed E-state index contributed by atoms with van der Waals surface area (Å²) in [5.74, 6) is -1.24. The molecule has 0 spiro atoms. The molecule has 10 heteroatoms. The molecule has 1 heterocycles. The van der Waals surface area contributed by atoms with Gasteiger partial charge in [-0.25, -0.2) is 12.8 Å². The summed E-state index contributed by atoms with van der Waals surface area (Å²) in [5.41, 5.74) is 5.34. The van der Waals surface area contributed by atoms with Gasteiger partial charge in [0.05, 0.1) is 10.9 Å². The van der Waals surface area contributed by atoms with Crippen LogP contribution in [0.15, 0.2) is 23.1 Å². The highest BCUT2D eigenvalue weighted by atomic mass is 35.5. The fourth-order valence-corrected chi connectivity index (χ4v) is 4.57. The molecule has 3 N–H and O–H groups in total. The first-order valence-electron chi connectivity index (χ1n) is 7.29. The molecule has 0 bridgehead atoms. The number of hydrogen-bond donors (Lipinski definition) is 2. The molecule has 1 aromatic rings. The van der Waals surface area contributed by atoms with Gasteiger partial charge >= 0.3 is 0 Å². The summed E-state index contributed by atoms with van der Waals surface area (Å²) in [6.45, 7) is 1.06. The molecule has 1 aliphatic heterocycles. The van der Waals surface area contributed by atoms with E-state index in [0.717, 1.165) is 18.2 Å². The van der Waals surface area contributed by atoms with Crippen molar-refractivity contribution in [2.45, 2.75) is 17.7 Å². The number of hydrogen-bond acceptors (Lipinski definition) is 4. The van der Waals surface area contributed by atoms with Gasteiger partial charge < -0.3 is 11.1 Å². The maximum atomic E-state index is 13.1. The Morgan fingerprint density at radius 1 is 1.46 bits per heavy atom. The van der Waals surface area contributed by atoms with Gasteiger partial charge in [0.2, 0.25) is 15.9 Å². The smallest absolute Gasteiger partial charge is 0.244 e. The van der Waals surface area contributed by atoms with Crippen molar-refractivity contribution >= 4 is 39.9 Å². The molecule has 1 fully saturated rings. The quantitative estimate of drug-likeness (QED) is 0.781. The maximum absolute atomic E-state index is 13.1. The van der Waals surface area contributed by atoms with Gasteiger partial charge in [-0.15, -0.1) is 12.4 Å². The van der Waals surface area contributed by atoms with Crippen LogP contribution >= 0.6 is 24.0 Å². The van der Waals surface area contributed by atoms with Gasteiger partial charge in [0, 0.05) is 26.2 Å². The number of nitrogens with zero attached hydrogens (tertiary/aromatic N) is 1. The van der Waals surface area contributed by atoms with E-state index in [4.69, 9.17) is 17.3 Å². The van der Waals surface area contributed by atoms with Crippen LogP contribution in [-0.2, 0) is 14.8 Å². The minimum atomic E-state index is -3.87. The lowest BCUT2D eigenvalue weighted by Gasteiger charge is -2.31. The van der Waals surface area contributed by atoms with Crippen molar-refractivity contribution in [2.75, 3.05) is 26.2 Å². The summed E-state index contributed by atoms with van der Waals surface area (Å²) in [4.78, 5) is 11.9. The van der Waals surface area contributed by atoms with E-state index in [1.54, 1.807) is 0 Å². The second-order valence-electron chi connectivity index (χ2n) is 5.36. The van der Waals surface area contributed by atoms with Crippen LogP contribution in [-0.4, -0.2) is 44.8 Å². The van der Waals surface area contributed by atoms with Crippen LogP contribution in [0.2, 0.25) is 5.02 Å². The standard InChI is InChI=1S/C14H19ClFN3O3S.ClH/c15-12-8-11(16)3-4-13(12)23(21,22)19-7-1-2-10(9-19)14(20)18-6-5-17;/h3-4,8,10H,1-2,5-7,9,17H2,(H,18,20);1H. The first-order valence-corrected chi connectivity index (χ1v) is 9.11. The molecule has 0 radical (unpaired) electrons. The summed E-state index contributed by atoms with van der Waals surface area (Å²) in [5, 5.41) is 2.50. The molecule has 0 aromatic heterocycles. The Labute approximate surface area is 152 Å². The Bertz CT molecular complexity index is 688. The molecule has 6 nitrogen and oxygen atoms in total. The van der Waals surface area contributed by atoms with Crippen molar-refractivity contribution in [1.29, 1.82) is 0 Å². The normalized spacial score (nSPS) is 18.7. The highest BCUT2D eigenvalue weighted by Crippen LogP contribution is 2.28. The van der Waals surface area contributed by atoms with Gasteiger partial charge in [-0.2, -0.15) is 4.31 Å². The third kappa shape index (κ3) is 4.80. The number of amides is 1. The lowest BCUT2D eigenvalue weighted by Crippen LogP contribution is -2.46. The Balaban J connectivity index is 0.00000288. The van der Waals surface area contributed by atoms with Crippen LogP contribution in [0.5, 0.6) is 0 Å². The third-order valence-electron chi connectivity index (χ3n) is 3.71. The fraction of sp³-hybridized carbons (Fsp3) is 0.500. The molecule has 1 unspecified atom stereocenters. The van der Waals surface area contributed by atoms with E-state index in [1.807, 2.05) is 0 Å². The molecule has 1 saturated heterocycles. The zero-order valence-electron chi connectivity index (χ0n) is 12.9. The Kier molecular flexibility index (Phi) is 7.88. The third-order valence-corrected chi connectivity index (χ3v) is 6.06. The van der Waals surface area contributed by atoms with Gasteiger partial charge in [0.25, 0.3) is 0 Å². The van der Waals surface area contributed by atoms with Crippen LogP contribution in [0.4, 0.5) is 4.39 Å². The van der Waals surface area contributed by atoms with Crippen molar-refractivity contribution in [2.24, 2.45) is 11.7 Å². The van der Waals surface area contributed by atoms with Crippen molar-refractivity contribution in [3.05, 3.63) is 29.0 Å². The van der Waals surface area contributed by atoms with Crippen LogP contribution in [0.3, 0.4) is 0 Å². The average Bonchev–Trinajstić information content (AvgIpc) is 2.52. The van der Waals surface area contributed by atoms with E-state index in [9.17, 15) is 17.6 Å². The van der Waals surface area contributed by atoms with E-state index in [-0.39, 0.29) is 34.8 Å². The Morgan fingerprint density at radius 3 is 2.79 bits per heavy atom. The predicted octanol–water partition coefficient (Wildman–Crippen LogP) is 1.38. The first-order chi connectivity index (χ1) is 10.9. The molecular formula is C14H20Cl2FN3O3S. The summed E-state index contributed by atoms with van der Waals surface area (Å²) in [6, 6.07) is 3.16. The van der Waals surface area contributed by atoms with Crippen molar-refractivity contribution in [1.82, 2.24) is 9.62 Å². The molecule has 0 saturated carbocycles. The fourth-order valence-electron chi connectivity index (χ4n) is 2.54.